The van der Waals surface area contributed by atoms with Crippen LogP contribution in [0.25, 0.3) is 10.1 Å². The summed E-state index contributed by atoms with van der Waals surface area (Å²) in [5.41, 5.74) is 9.04. The zero-order valence-corrected chi connectivity index (χ0v) is 14.5. The summed E-state index contributed by atoms with van der Waals surface area (Å²) in [7, 11) is 0. The van der Waals surface area contributed by atoms with Gasteiger partial charge in [0.05, 0.1) is 0 Å². The van der Waals surface area contributed by atoms with Crippen molar-refractivity contribution in [3.8, 4) is 0 Å². The molecule has 0 bridgehead atoms. The minimum Gasteiger partial charge on any atom is -0.323 e. The van der Waals surface area contributed by atoms with E-state index in [1.54, 1.807) is 11.3 Å². The van der Waals surface area contributed by atoms with Crippen LogP contribution in [0, 0.1) is 0 Å². The lowest BCUT2D eigenvalue weighted by Gasteiger charge is -2.32. The van der Waals surface area contributed by atoms with Gasteiger partial charge in [0.1, 0.15) is 0 Å². The number of benzene rings is 2. The molecular formula is C18H18BrNS. The summed E-state index contributed by atoms with van der Waals surface area (Å²) in [5.74, 6) is 0. The van der Waals surface area contributed by atoms with Crippen LogP contribution in [-0.4, -0.2) is 0 Å². The van der Waals surface area contributed by atoms with E-state index in [0.717, 1.165) is 4.47 Å². The SMILES string of the molecule is CC(C)(c1ccccc1)C(N)c1csc2c(Br)cccc12. The van der Waals surface area contributed by atoms with Gasteiger partial charge in [0.15, 0.2) is 0 Å². The molecule has 0 spiro atoms. The molecule has 1 unspecified atom stereocenters. The van der Waals surface area contributed by atoms with Gasteiger partial charge in [-0.25, -0.2) is 0 Å². The lowest BCUT2D eigenvalue weighted by Crippen LogP contribution is -2.32. The Morgan fingerprint density at radius 3 is 2.48 bits per heavy atom. The number of hydrogen-bond donors (Lipinski definition) is 1. The highest BCUT2D eigenvalue weighted by atomic mass is 79.9. The van der Waals surface area contributed by atoms with Crippen LogP contribution in [0.5, 0.6) is 0 Å². The van der Waals surface area contributed by atoms with Crippen molar-refractivity contribution in [2.24, 2.45) is 5.73 Å². The summed E-state index contributed by atoms with van der Waals surface area (Å²) in [4.78, 5) is 0. The second-order valence-electron chi connectivity index (χ2n) is 5.87. The summed E-state index contributed by atoms with van der Waals surface area (Å²) in [5, 5.41) is 3.45. The maximum Gasteiger partial charge on any atom is 0.0488 e. The van der Waals surface area contributed by atoms with Gasteiger partial charge in [0, 0.05) is 20.6 Å². The Kier molecular flexibility index (Phi) is 3.91. The zero-order chi connectivity index (χ0) is 15.0. The highest BCUT2D eigenvalue weighted by molar-refractivity contribution is 9.10. The molecule has 0 aliphatic rings. The van der Waals surface area contributed by atoms with Crippen LogP contribution < -0.4 is 5.73 Å². The van der Waals surface area contributed by atoms with Crippen LogP contribution in [0.15, 0.2) is 58.4 Å². The van der Waals surface area contributed by atoms with Crippen molar-refractivity contribution < 1.29 is 0 Å². The van der Waals surface area contributed by atoms with Crippen molar-refractivity contribution >= 4 is 37.4 Å². The van der Waals surface area contributed by atoms with E-state index >= 15 is 0 Å². The molecule has 2 N–H and O–H groups in total. The number of fused-ring (bicyclic) bond motifs is 1. The highest BCUT2D eigenvalue weighted by Crippen LogP contribution is 2.41. The van der Waals surface area contributed by atoms with Crippen LogP contribution in [0.3, 0.4) is 0 Å². The number of hydrogen-bond acceptors (Lipinski definition) is 2. The lowest BCUT2D eigenvalue weighted by molar-refractivity contribution is 0.423. The molecule has 1 heterocycles. The fourth-order valence-electron chi connectivity index (χ4n) is 2.72. The van der Waals surface area contributed by atoms with Gasteiger partial charge < -0.3 is 5.73 Å². The van der Waals surface area contributed by atoms with Crippen molar-refractivity contribution in [1.29, 1.82) is 0 Å². The first-order valence-corrected chi connectivity index (χ1v) is 8.66. The Bertz CT molecular complexity index is 761. The monoisotopic (exact) mass is 359 g/mol. The summed E-state index contributed by atoms with van der Waals surface area (Å²) in [6.07, 6.45) is 0. The summed E-state index contributed by atoms with van der Waals surface area (Å²) in [6, 6.07) is 16.8. The maximum absolute atomic E-state index is 6.66. The fourth-order valence-corrected chi connectivity index (χ4v) is 4.38. The van der Waals surface area contributed by atoms with Gasteiger partial charge in [0.2, 0.25) is 0 Å². The smallest absolute Gasteiger partial charge is 0.0488 e. The first kappa shape index (κ1) is 14.8. The van der Waals surface area contributed by atoms with E-state index in [1.807, 2.05) is 6.07 Å². The van der Waals surface area contributed by atoms with Gasteiger partial charge in [-0.15, -0.1) is 11.3 Å². The second-order valence-corrected chi connectivity index (χ2v) is 7.61. The molecule has 1 nitrogen and oxygen atoms in total. The van der Waals surface area contributed by atoms with Crippen LogP contribution in [0.1, 0.15) is 31.0 Å². The minimum atomic E-state index is -0.114. The van der Waals surface area contributed by atoms with E-state index in [0.29, 0.717) is 0 Å². The molecule has 21 heavy (non-hydrogen) atoms. The lowest BCUT2D eigenvalue weighted by atomic mass is 9.75. The van der Waals surface area contributed by atoms with Gasteiger partial charge in [-0.3, -0.25) is 0 Å². The third kappa shape index (κ3) is 2.54. The molecule has 0 radical (unpaired) electrons. The van der Waals surface area contributed by atoms with Crippen molar-refractivity contribution in [3.63, 3.8) is 0 Å². The van der Waals surface area contributed by atoms with Gasteiger partial charge in [-0.1, -0.05) is 56.3 Å². The van der Waals surface area contributed by atoms with E-state index in [4.69, 9.17) is 5.73 Å². The van der Waals surface area contributed by atoms with Crippen LogP contribution in [0.2, 0.25) is 0 Å². The summed E-state index contributed by atoms with van der Waals surface area (Å²) < 4.78 is 2.41. The van der Waals surface area contributed by atoms with E-state index in [2.05, 4.69) is 77.6 Å². The molecule has 0 aliphatic heterocycles. The van der Waals surface area contributed by atoms with Gasteiger partial charge in [0.25, 0.3) is 0 Å². The standard InChI is InChI=1S/C18H18BrNS/c1-18(2,12-7-4-3-5-8-12)17(20)14-11-21-16-13(14)9-6-10-15(16)19/h3-11,17H,20H2,1-2H3. The molecule has 0 amide bonds. The van der Waals surface area contributed by atoms with Gasteiger partial charge in [-0.05, 0) is 43.9 Å². The molecule has 3 aromatic rings. The van der Waals surface area contributed by atoms with Crippen molar-refractivity contribution in [1.82, 2.24) is 0 Å². The largest absolute Gasteiger partial charge is 0.323 e. The summed E-state index contributed by atoms with van der Waals surface area (Å²) >= 11 is 5.38. The Balaban J connectivity index is 2.08. The fraction of sp³-hybridized carbons (Fsp3) is 0.222. The molecule has 3 heteroatoms. The Morgan fingerprint density at radius 2 is 1.76 bits per heavy atom. The number of rotatable bonds is 3. The molecule has 0 saturated heterocycles. The zero-order valence-electron chi connectivity index (χ0n) is 12.1. The minimum absolute atomic E-state index is 0.0389. The van der Waals surface area contributed by atoms with E-state index in [1.165, 1.54) is 21.2 Å². The Labute approximate surface area is 137 Å². The molecule has 1 aromatic heterocycles. The molecule has 0 aliphatic carbocycles. The quantitative estimate of drug-likeness (QED) is 0.643. The Morgan fingerprint density at radius 1 is 1.05 bits per heavy atom. The molecule has 0 saturated carbocycles. The number of thiophene rings is 1. The molecule has 1 atom stereocenters. The topological polar surface area (TPSA) is 26.0 Å². The molecule has 3 rings (SSSR count). The predicted molar refractivity (Wildman–Crippen MR) is 95.9 cm³/mol. The second kappa shape index (κ2) is 5.56. The first-order chi connectivity index (χ1) is 10.0. The third-order valence-corrected chi connectivity index (χ3v) is 6.18. The predicted octanol–water partition coefficient (Wildman–Crippen LogP) is 5.64. The van der Waals surface area contributed by atoms with E-state index < -0.39 is 0 Å². The third-order valence-electron chi connectivity index (χ3n) is 4.21. The van der Waals surface area contributed by atoms with Crippen molar-refractivity contribution in [2.45, 2.75) is 25.3 Å². The normalized spacial score (nSPS) is 13.5. The highest BCUT2D eigenvalue weighted by Gasteiger charge is 2.31. The number of halogens is 1. The average molecular weight is 360 g/mol. The molecule has 108 valence electrons. The van der Waals surface area contributed by atoms with Crippen molar-refractivity contribution in [2.75, 3.05) is 0 Å². The van der Waals surface area contributed by atoms with Gasteiger partial charge in [-0.2, -0.15) is 0 Å². The van der Waals surface area contributed by atoms with E-state index in [-0.39, 0.29) is 11.5 Å². The number of nitrogens with two attached hydrogens (primary N) is 1. The van der Waals surface area contributed by atoms with Crippen LogP contribution in [0.4, 0.5) is 0 Å². The molecular weight excluding hydrogens is 342 g/mol. The average Bonchev–Trinajstić information content (AvgIpc) is 2.92. The summed E-state index contributed by atoms with van der Waals surface area (Å²) in [6.45, 7) is 4.43. The maximum atomic E-state index is 6.66. The van der Waals surface area contributed by atoms with Crippen LogP contribution >= 0.6 is 27.3 Å². The van der Waals surface area contributed by atoms with E-state index in [9.17, 15) is 0 Å². The first-order valence-electron chi connectivity index (χ1n) is 6.98. The molecule has 2 aromatic carbocycles. The Hall–Kier alpha value is -1.16. The van der Waals surface area contributed by atoms with Crippen molar-refractivity contribution in [3.05, 3.63) is 69.5 Å². The molecule has 0 fully saturated rings. The van der Waals surface area contributed by atoms with Gasteiger partial charge >= 0.3 is 0 Å². The van der Waals surface area contributed by atoms with Crippen LogP contribution in [-0.2, 0) is 5.41 Å².